The quantitative estimate of drug-likeness (QED) is 0.175. The van der Waals surface area contributed by atoms with Crippen LogP contribution in [0.2, 0.25) is 0 Å². The van der Waals surface area contributed by atoms with E-state index in [4.69, 9.17) is 24.1 Å². The third-order valence-electron chi connectivity index (χ3n) is 11.7. The van der Waals surface area contributed by atoms with Gasteiger partial charge in [-0.2, -0.15) is 0 Å². The Bertz CT molecular complexity index is 3340. The summed E-state index contributed by atoms with van der Waals surface area (Å²) < 4.78 is 15.7. The number of aromatic nitrogens is 3. The average molecular weight is 764 g/mol. The Kier molecular flexibility index (Phi) is 7.22. The van der Waals surface area contributed by atoms with E-state index in [9.17, 15) is 0 Å². The Morgan fingerprint density at radius 2 is 1.24 bits per heavy atom. The van der Waals surface area contributed by atoms with E-state index in [-0.39, 0.29) is 5.92 Å². The molecule has 0 bridgehead atoms. The summed E-state index contributed by atoms with van der Waals surface area (Å²) in [5.41, 5.74) is 9.36. The van der Waals surface area contributed by atoms with Crippen LogP contribution in [-0.2, 0) is 0 Å². The van der Waals surface area contributed by atoms with Crippen LogP contribution in [0.5, 0.6) is 5.75 Å². The molecule has 10 aromatic rings. The van der Waals surface area contributed by atoms with Crippen molar-refractivity contribution in [2.24, 2.45) is 0 Å². The molecule has 5 nitrogen and oxygen atoms in total. The number of para-hydroxylation sites is 1. The van der Waals surface area contributed by atoms with Crippen LogP contribution < -0.4 is 4.74 Å². The van der Waals surface area contributed by atoms with E-state index < -0.39 is 5.60 Å². The van der Waals surface area contributed by atoms with Crippen molar-refractivity contribution in [3.63, 3.8) is 0 Å². The first-order valence-corrected chi connectivity index (χ1v) is 20.4. The normalized spacial score (nSPS) is 16.9. The number of furan rings is 1. The number of thiophene rings is 1. The summed E-state index contributed by atoms with van der Waals surface area (Å²) in [4.78, 5) is 16.1. The zero-order valence-corrected chi connectivity index (χ0v) is 32.2. The van der Waals surface area contributed by atoms with Crippen LogP contribution in [0.3, 0.4) is 0 Å². The Morgan fingerprint density at radius 3 is 2.12 bits per heavy atom. The highest BCUT2D eigenvalue weighted by atomic mass is 32.1. The summed E-state index contributed by atoms with van der Waals surface area (Å²) in [6, 6.07) is 52.9. The zero-order valence-electron chi connectivity index (χ0n) is 31.4. The number of nitrogens with zero attached hydrogens (tertiary/aromatic N) is 3. The Morgan fingerprint density at radius 1 is 0.534 bits per heavy atom. The largest absolute Gasteiger partial charge is 0.482 e. The molecule has 0 radical (unpaired) electrons. The van der Waals surface area contributed by atoms with E-state index in [1.54, 1.807) is 11.3 Å². The van der Waals surface area contributed by atoms with Crippen molar-refractivity contribution in [1.29, 1.82) is 0 Å². The molecule has 12 rings (SSSR count). The number of benzene rings is 7. The lowest BCUT2D eigenvalue weighted by Crippen LogP contribution is -2.32. The molecule has 0 N–H and O–H groups in total. The predicted octanol–water partition coefficient (Wildman–Crippen LogP) is 13.8. The molecule has 2 atom stereocenters. The molecule has 1 aliphatic heterocycles. The Balaban J connectivity index is 1.13. The van der Waals surface area contributed by atoms with Gasteiger partial charge in [-0.25, -0.2) is 15.0 Å². The minimum atomic E-state index is -0.482. The van der Waals surface area contributed by atoms with Gasteiger partial charge >= 0.3 is 0 Å². The van der Waals surface area contributed by atoms with Gasteiger partial charge in [-0.15, -0.1) is 11.3 Å². The number of hydrogen-bond donors (Lipinski definition) is 0. The molecular weight excluding hydrogens is 731 g/mol. The number of fused-ring (bicyclic) bond motifs is 9. The molecule has 7 aromatic carbocycles. The van der Waals surface area contributed by atoms with Crippen LogP contribution >= 0.6 is 11.3 Å². The summed E-state index contributed by atoms with van der Waals surface area (Å²) in [6.07, 6.45) is 8.61. The molecule has 274 valence electrons. The third-order valence-corrected chi connectivity index (χ3v) is 12.9. The van der Waals surface area contributed by atoms with Crippen LogP contribution in [0.15, 0.2) is 180 Å². The topological polar surface area (TPSA) is 61.0 Å². The second-order valence-corrected chi connectivity index (χ2v) is 16.3. The first-order valence-electron chi connectivity index (χ1n) is 19.5. The molecule has 0 saturated carbocycles. The highest BCUT2D eigenvalue weighted by Crippen LogP contribution is 2.53. The van der Waals surface area contributed by atoms with Crippen molar-refractivity contribution in [3.05, 3.63) is 182 Å². The van der Waals surface area contributed by atoms with Gasteiger partial charge < -0.3 is 9.15 Å². The van der Waals surface area contributed by atoms with Crippen LogP contribution in [0.4, 0.5) is 0 Å². The number of allylic oxidation sites excluding steroid dienone is 2. The van der Waals surface area contributed by atoms with Gasteiger partial charge in [-0.05, 0) is 71.7 Å². The molecule has 0 saturated heterocycles. The Hall–Kier alpha value is -7.15. The minimum Gasteiger partial charge on any atom is -0.482 e. The highest BCUT2D eigenvalue weighted by Gasteiger charge is 2.44. The average Bonchev–Trinajstić information content (AvgIpc) is 3.94. The minimum absolute atomic E-state index is 0.0361. The molecule has 2 unspecified atom stereocenters. The standard InChI is InChI=1S/C52H33N3O2S/c1-52-29-10-9-17-40(52)46-37(16-11-19-43(46)57-52)38-27-28-42-47(39-15-5-7-18-41(39)56-42)48(38)51-54-49(33-23-21-32(22-24-33)31-12-3-2-4-13-31)53-50(55-51)34-25-26-36-35-14-6-8-20-44(35)58-45(36)30-34/h2-30,40H,1H3. The summed E-state index contributed by atoms with van der Waals surface area (Å²) >= 11 is 1.79. The van der Waals surface area contributed by atoms with E-state index in [2.05, 4.69) is 165 Å². The zero-order chi connectivity index (χ0) is 38.4. The van der Waals surface area contributed by atoms with Gasteiger partial charge in [-0.3, -0.25) is 0 Å². The van der Waals surface area contributed by atoms with Gasteiger partial charge in [0, 0.05) is 59.1 Å². The summed E-state index contributed by atoms with van der Waals surface area (Å²) in [7, 11) is 0. The van der Waals surface area contributed by atoms with E-state index in [1.807, 2.05) is 18.2 Å². The lowest BCUT2D eigenvalue weighted by atomic mass is 9.79. The summed E-state index contributed by atoms with van der Waals surface area (Å²) in [6.45, 7) is 2.16. The second kappa shape index (κ2) is 12.7. The van der Waals surface area contributed by atoms with Crippen LogP contribution in [0.25, 0.3) is 98.5 Å². The first kappa shape index (κ1) is 33.0. The van der Waals surface area contributed by atoms with E-state index in [0.717, 1.165) is 72.2 Å². The second-order valence-electron chi connectivity index (χ2n) is 15.2. The fraction of sp³-hybridized carbons (Fsp3) is 0.0577. The maximum absolute atomic E-state index is 6.70. The summed E-state index contributed by atoms with van der Waals surface area (Å²) in [5.74, 6) is 2.71. The molecule has 6 heteroatoms. The number of hydrogen-bond acceptors (Lipinski definition) is 6. The van der Waals surface area contributed by atoms with Gasteiger partial charge in [-0.1, -0.05) is 133 Å². The molecule has 1 aliphatic carbocycles. The van der Waals surface area contributed by atoms with Crippen molar-refractivity contribution >= 4 is 53.4 Å². The maximum atomic E-state index is 6.70. The monoisotopic (exact) mass is 763 g/mol. The lowest BCUT2D eigenvalue weighted by molar-refractivity contribution is 0.155. The number of ether oxygens (including phenoxy) is 1. The van der Waals surface area contributed by atoms with Crippen LogP contribution in [0, 0.1) is 0 Å². The molecule has 0 spiro atoms. The molecule has 0 amide bonds. The molecule has 2 aliphatic rings. The van der Waals surface area contributed by atoms with E-state index in [1.165, 1.54) is 20.2 Å². The van der Waals surface area contributed by atoms with Crippen LogP contribution in [0.1, 0.15) is 18.4 Å². The van der Waals surface area contributed by atoms with Crippen molar-refractivity contribution in [2.75, 3.05) is 0 Å². The van der Waals surface area contributed by atoms with Gasteiger partial charge in [0.15, 0.2) is 17.5 Å². The van der Waals surface area contributed by atoms with Gasteiger partial charge in [0.2, 0.25) is 0 Å². The molecule has 4 heterocycles. The number of rotatable bonds is 5. The predicted molar refractivity (Wildman–Crippen MR) is 237 cm³/mol. The summed E-state index contributed by atoms with van der Waals surface area (Å²) in [5, 5.41) is 4.46. The van der Waals surface area contributed by atoms with Crippen molar-refractivity contribution in [3.8, 4) is 62.2 Å². The first-order chi connectivity index (χ1) is 28.6. The SMILES string of the molecule is CC12C=CC=CC1c1c(cccc1-c1ccc3oc4ccccc4c3c1-c1nc(-c3ccc(-c4ccccc4)cc3)nc(-c3ccc4c(c3)sc3ccccc34)n1)O2. The van der Waals surface area contributed by atoms with E-state index in [0.29, 0.717) is 17.5 Å². The fourth-order valence-electron chi connectivity index (χ4n) is 8.95. The van der Waals surface area contributed by atoms with Crippen molar-refractivity contribution in [1.82, 2.24) is 15.0 Å². The van der Waals surface area contributed by atoms with Gasteiger partial charge in [0.25, 0.3) is 0 Å². The van der Waals surface area contributed by atoms with Crippen molar-refractivity contribution in [2.45, 2.75) is 18.4 Å². The van der Waals surface area contributed by atoms with Crippen molar-refractivity contribution < 1.29 is 9.15 Å². The lowest BCUT2D eigenvalue weighted by Gasteiger charge is -2.28. The third kappa shape index (κ3) is 5.12. The van der Waals surface area contributed by atoms with Crippen LogP contribution in [-0.4, -0.2) is 20.6 Å². The van der Waals surface area contributed by atoms with Gasteiger partial charge in [0.1, 0.15) is 22.5 Å². The fourth-order valence-corrected chi connectivity index (χ4v) is 10.1. The molecule has 58 heavy (non-hydrogen) atoms. The highest BCUT2D eigenvalue weighted by molar-refractivity contribution is 7.25. The molecule has 3 aromatic heterocycles. The Labute approximate surface area is 338 Å². The molecular formula is C52H33N3O2S. The van der Waals surface area contributed by atoms with E-state index >= 15 is 0 Å². The maximum Gasteiger partial charge on any atom is 0.165 e. The molecule has 0 fully saturated rings. The smallest absolute Gasteiger partial charge is 0.165 e. The van der Waals surface area contributed by atoms with Gasteiger partial charge in [0.05, 0.1) is 0 Å².